The molecule has 1 aromatic heterocycles. The van der Waals surface area contributed by atoms with Crippen LogP contribution in [0.2, 0.25) is 0 Å². The van der Waals surface area contributed by atoms with E-state index in [2.05, 4.69) is 21.2 Å². The van der Waals surface area contributed by atoms with Crippen LogP contribution in [-0.2, 0) is 20.7 Å². The van der Waals surface area contributed by atoms with E-state index in [4.69, 9.17) is 15.9 Å². The van der Waals surface area contributed by atoms with E-state index in [1.807, 2.05) is 42.5 Å². The number of carbonyl (C=O) groups excluding carboxylic acids is 1. The van der Waals surface area contributed by atoms with Gasteiger partial charge in [0.1, 0.15) is 12.1 Å². The number of ether oxygens (including phenoxy) is 2. The van der Waals surface area contributed by atoms with E-state index in [-0.39, 0.29) is 12.3 Å². The summed E-state index contributed by atoms with van der Waals surface area (Å²) in [4.78, 5) is 23.3. The Labute approximate surface area is 182 Å². The zero-order chi connectivity index (χ0) is 22.1. The molecule has 0 atom stereocenters. The molecule has 0 spiro atoms. The Hall–Kier alpha value is -3.47. The minimum Gasteiger partial charge on any atom is -0.383 e. The Morgan fingerprint density at radius 2 is 1.87 bits per heavy atom. The first-order chi connectivity index (χ1) is 15.1. The van der Waals surface area contributed by atoms with E-state index in [1.54, 1.807) is 19.1 Å². The number of hydrogen-bond acceptors (Lipinski definition) is 6. The van der Waals surface area contributed by atoms with E-state index >= 15 is 0 Å². The molecule has 0 radical (unpaired) electrons. The minimum atomic E-state index is 0.0153. The van der Waals surface area contributed by atoms with Crippen molar-refractivity contribution in [1.82, 2.24) is 14.9 Å². The van der Waals surface area contributed by atoms with Crippen molar-refractivity contribution in [2.45, 2.75) is 6.42 Å². The van der Waals surface area contributed by atoms with Gasteiger partial charge >= 0.3 is 0 Å². The highest BCUT2D eigenvalue weighted by molar-refractivity contribution is 5.92. The summed E-state index contributed by atoms with van der Waals surface area (Å²) in [6.45, 7) is 2.00. The van der Waals surface area contributed by atoms with Gasteiger partial charge in [0.25, 0.3) is 0 Å². The highest BCUT2D eigenvalue weighted by atomic mass is 16.5. The second kappa shape index (κ2) is 11.1. The third kappa shape index (κ3) is 6.01. The van der Waals surface area contributed by atoms with E-state index < -0.39 is 0 Å². The van der Waals surface area contributed by atoms with Crippen molar-refractivity contribution in [2.75, 3.05) is 45.8 Å². The van der Waals surface area contributed by atoms with Crippen LogP contribution in [0.15, 0.2) is 48.8 Å². The molecule has 0 unspecified atom stereocenters. The maximum absolute atomic E-state index is 12.9. The predicted molar refractivity (Wildman–Crippen MR) is 121 cm³/mol. The molecule has 7 heteroatoms. The van der Waals surface area contributed by atoms with Crippen molar-refractivity contribution >= 4 is 28.3 Å². The Kier molecular flexibility index (Phi) is 7.93. The monoisotopic (exact) mass is 418 g/mol. The van der Waals surface area contributed by atoms with Gasteiger partial charge in [0, 0.05) is 43.9 Å². The average Bonchev–Trinajstić information content (AvgIpc) is 2.79. The number of amides is 1. The predicted octanol–water partition coefficient (Wildman–Crippen LogP) is 3.02. The quantitative estimate of drug-likeness (QED) is 0.510. The fourth-order valence-corrected chi connectivity index (χ4v) is 3.19. The molecule has 7 nitrogen and oxygen atoms in total. The summed E-state index contributed by atoms with van der Waals surface area (Å²) in [5, 5.41) is 4.14. The topological polar surface area (TPSA) is 76.6 Å². The van der Waals surface area contributed by atoms with E-state index in [0.717, 1.165) is 27.7 Å². The van der Waals surface area contributed by atoms with Gasteiger partial charge in [0.2, 0.25) is 5.91 Å². The minimum absolute atomic E-state index is 0.0153. The zero-order valence-corrected chi connectivity index (χ0v) is 17.8. The van der Waals surface area contributed by atoms with Crippen molar-refractivity contribution in [3.05, 3.63) is 59.9 Å². The van der Waals surface area contributed by atoms with Gasteiger partial charge in [-0.25, -0.2) is 9.97 Å². The van der Waals surface area contributed by atoms with Crippen LogP contribution >= 0.6 is 0 Å². The molecule has 3 rings (SSSR count). The highest BCUT2D eigenvalue weighted by Gasteiger charge is 2.15. The summed E-state index contributed by atoms with van der Waals surface area (Å²) >= 11 is 0. The molecule has 0 aliphatic heterocycles. The van der Waals surface area contributed by atoms with E-state index in [1.165, 1.54) is 6.33 Å². The number of carbonyl (C=O) groups is 1. The van der Waals surface area contributed by atoms with Crippen LogP contribution in [0.25, 0.3) is 10.9 Å². The lowest BCUT2D eigenvalue weighted by Crippen LogP contribution is -2.37. The van der Waals surface area contributed by atoms with Crippen LogP contribution in [0.5, 0.6) is 0 Å². The summed E-state index contributed by atoms with van der Waals surface area (Å²) < 4.78 is 10.3. The zero-order valence-electron chi connectivity index (χ0n) is 17.8. The number of anilines is 2. The molecule has 0 saturated carbocycles. The molecule has 31 heavy (non-hydrogen) atoms. The van der Waals surface area contributed by atoms with Gasteiger partial charge in [-0.1, -0.05) is 18.1 Å². The van der Waals surface area contributed by atoms with Crippen LogP contribution in [0.1, 0.15) is 11.1 Å². The van der Waals surface area contributed by atoms with Crippen molar-refractivity contribution in [3.63, 3.8) is 0 Å². The fraction of sp³-hybridized carbons (Fsp3) is 0.292. The SMILES string of the molecule is C#Cc1cccc(Nc2ncnc3ccc(CC(=O)N(CCOC)CCOC)cc23)c1. The number of rotatable bonds is 10. The number of terminal acetylenes is 1. The maximum atomic E-state index is 12.9. The standard InChI is InChI=1S/C24H26N4O3/c1-4-18-6-5-7-20(14-18)27-24-21-15-19(8-9-22(21)25-17-26-24)16-23(29)28(10-12-30-2)11-13-31-3/h1,5-9,14-15,17H,10-13,16H2,2-3H3,(H,25,26,27). The number of nitrogens with zero attached hydrogens (tertiary/aromatic N) is 3. The van der Waals surface area contributed by atoms with Gasteiger partial charge in [-0.15, -0.1) is 6.42 Å². The Balaban J connectivity index is 1.83. The van der Waals surface area contributed by atoms with Gasteiger partial charge in [0.15, 0.2) is 0 Å². The number of fused-ring (bicyclic) bond motifs is 1. The van der Waals surface area contributed by atoms with Gasteiger partial charge < -0.3 is 19.7 Å². The smallest absolute Gasteiger partial charge is 0.227 e. The van der Waals surface area contributed by atoms with Crippen molar-refractivity contribution < 1.29 is 14.3 Å². The number of aromatic nitrogens is 2. The Morgan fingerprint density at radius 1 is 1.10 bits per heavy atom. The Morgan fingerprint density at radius 3 is 2.58 bits per heavy atom. The van der Waals surface area contributed by atoms with Gasteiger partial charge in [0.05, 0.1) is 25.2 Å². The number of hydrogen-bond donors (Lipinski definition) is 1. The molecular weight excluding hydrogens is 392 g/mol. The molecule has 1 heterocycles. The average molecular weight is 418 g/mol. The first kappa shape index (κ1) is 22.2. The second-order valence-electron chi connectivity index (χ2n) is 6.97. The van der Waals surface area contributed by atoms with Crippen molar-refractivity contribution in [3.8, 4) is 12.3 Å². The maximum Gasteiger partial charge on any atom is 0.227 e. The van der Waals surface area contributed by atoms with Gasteiger partial charge in [-0.2, -0.15) is 0 Å². The molecule has 0 fully saturated rings. The second-order valence-corrected chi connectivity index (χ2v) is 6.97. The molecule has 0 aliphatic rings. The summed E-state index contributed by atoms with van der Waals surface area (Å²) in [5.74, 6) is 3.30. The first-order valence-corrected chi connectivity index (χ1v) is 9.97. The summed E-state index contributed by atoms with van der Waals surface area (Å²) in [6.07, 6.45) is 7.28. The molecule has 2 aromatic carbocycles. The first-order valence-electron chi connectivity index (χ1n) is 9.97. The molecule has 1 amide bonds. The summed E-state index contributed by atoms with van der Waals surface area (Å²) in [5.41, 5.74) is 3.29. The molecule has 160 valence electrons. The van der Waals surface area contributed by atoms with Crippen LogP contribution in [0, 0.1) is 12.3 Å². The fourth-order valence-electron chi connectivity index (χ4n) is 3.19. The molecule has 0 aliphatic carbocycles. The number of benzene rings is 2. The molecule has 3 aromatic rings. The van der Waals surface area contributed by atoms with Crippen LogP contribution in [0.4, 0.5) is 11.5 Å². The van der Waals surface area contributed by atoms with E-state index in [0.29, 0.717) is 32.1 Å². The van der Waals surface area contributed by atoms with Crippen LogP contribution < -0.4 is 5.32 Å². The number of nitrogens with one attached hydrogen (secondary N) is 1. The third-order valence-corrected chi connectivity index (χ3v) is 4.83. The lowest BCUT2D eigenvalue weighted by atomic mass is 10.1. The van der Waals surface area contributed by atoms with Crippen LogP contribution in [-0.4, -0.2) is 61.3 Å². The molecule has 0 saturated heterocycles. The lowest BCUT2D eigenvalue weighted by Gasteiger charge is -2.22. The summed E-state index contributed by atoms with van der Waals surface area (Å²) in [7, 11) is 3.24. The number of methoxy groups -OCH3 is 2. The normalized spacial score (nSPS) is 10.6. The molecule has 0 bridgehead atoms. The lowest BCUT2D eigenvalue weighted by molar-refractivity contribution is -0.131. The van der Waals surface area contributed by atoms with Gasteiger partial charge in [-0.05, 0) is 35.9 Å². The third-order valence-electron chi connectivity index (χ3n) is 4.83. The largest absolute Gasteiger partial charge is 0.383 e. The highest BCUT2D eigenvalue weighted by Crippen LogP contribution is 2.25. The molecule has 1 N–H and O–H groups in total. The summed E-state index contributed by atoms with van der Waals surface area (Å²) in [6, 6.07) is 13.3. The van der Waals surface area contributed by atoms with Crippen molar-refractivity contribution in [2.24, 2.45) is 0 Å². The Bertz CT molecular complexity index is 1070. The molecular formula is C24H26N4O3. The van der Waals surface area contributed by atoms with E-state index in [9.17, 15) is 4.79 Å². The van der Waals surface area contributed by atoms with Crippen LogP contribution in [0.3, 0.4) is 0 Å². The van der Waals surface area contributed by atoms with Gasteiger partial charge in [-0.3, -0.25) is 4.79 Å². The van der Waals surface area contributed by atoms with Crippen molar-refractivity contribution in [1.29, 1.82) is 0 Å².